The van der Waals surface area contributed by atoms with Crippen molar-refractivity contribution in [1.82, 2.24) is 0 Å². The highest BCUT2D eigenvalue weighted by Crippen LogP contribution is 2.24. The summed E-state index contributed by atoms with van der Waals surface area (Å²) in [6, 6.07) is 0. The Labute approximate surface area is 152 Å². The van der Waals surface area contributed by atoms with Crippen molar-refractivity contribution in [2.24, 2.45) is 11.8 Å². The van der Waals surface area contributed by atoms with Gasteiger partial charge in [-0.05, 0) is 35.5 Å². The molecular formula is C20H22O6. The monoisotopic (exact) mass is 358 g/mol. The molecule has 0 amide bonds. The third-order valence-electron chi connectivity index (χ3n) is 4.16. The summed E-state index contributed by atoms with van der Waals surface area (Å²) in [5.74, 6) is -0.785. The van der Waals surface area contributed by atoms with Gasteiger partial charge in [0.2, 0.25) is 11.6 Å². The zero-order valence-electron chi connectivity index (χ0n) is 14.7. The normalized spacial score (nSPS) is 22.3. The number of hydrogen-bond donors (Lipinski definition) is 2. The zero-order valence-corrected chi connectivity index (χ0v) is 14.7. The molecule has 6 nitrogen and oxygen atoms in total. The highest BCUT2D eigenvalue weighted by Gasteiger charge is 2.20. The van der Waals surface area contributed by atoms with E-state index in [0.29, 0.717) is 11.1 Å². The number of carbonyl (C=O) groups excluding carboxylic acids is 2. The van der Waals surface area contributed by atoms with Gasteiger partial charge in [-0.25, -0.2) is 0 Å². The summed E-state index contributed by atoms with van der Waals surface area (Å²) in [5, 5.41) is 19.5. The fourth-order valence-corrected chi connectivity index (χ4v) is 2.69. The minimum atomic E-state index is -0.389. The van der Waals surface area contributed by atoms with Gasteiger partial charge in [0.15, 0.2) is 11.5 Å². The number of hydrogen-bond acceptors (Lipinski definition) is 6. The first-order valence-electron chi connectivity index (χ1n) is 8.14. The quantitative estimate of drug-likeness (QED) is 0.714. The van der Waals surface area contributed by atoms with Gasteiger partial charge in [0, 0.05) is 11.8 Å². The Kier molecular flexibility index (Phi) is 6.89. The minimum Gasteiger partial charge on any atom is -0.493 e. The molecule has 0 unspecified atom stereocenters. The van der Waals surface area contributed by atoms with E-state index in [1.807, 2.05) is 0 Å². The van der Waals surface area contributed by atoms with Crippen LogP contribution in [0.15, 0.2) is 71.3 Å². The molecule has 2 aliphatic carbocycles. The van der Waals surface area contributed by atoms with Gasteiger partial charge in [0.05, 0.1) is 27.4 Å². The molecule has 2 atom stereocenters. The summed E-state index contributed by atoms with van der Waals surface area (Å²) in [6.45, 7) is -0.389. The zero-order chi connectivity index (χ0) is 19.1. The Morgan fingerprint density at radius 3 is 1.50 bits per heavy atom. The smallest absolute Gasteiger partial charge is 0.220 e. The average molecular weight is 358 g/mol. The molecule has 0 aromatic rings. The van der Waals surface area contributed by atoms with Crippen LogP contribution in [0, 0.1) is 11.8 Å². The van der Waals surface area contributed by atoms with Crippen molar-refractivity contribution < 1.29 is 29.3 Å². The van der Waals surface area contributed by atoms with Gasteiger partial charge in [-0.2, -0.15) is 0 Å². The molecule has 0 aromatic heterocycles. The number of allylic oxidation sites excluding steroid dienone is 8. The van der Waals surface area contributed by atoms with Gasteiger partial charge in [0.1, 0.15) is 0 Å². The second-order valence-electron chi connectivity index (χ2n) is 5.85. The van der Waals surface area contributed by atoms with Gasteiger partial charge in [-0.3, -0.25) is 9.59 Å². The number of ketones is 2. The van der Waals surface area contributed by atoms with Crippen LogP contribution in [0.2, 0.25) is 0 Å². The largest absolute Gasteiger partial charge is 0.493 e. The van der Waals surface area contributed by atoms with E-state index < -0.39 is 0 Å². The molecule has 0 spiro atoms. The predicted octanol–water partition coefficient (Wildman–Crippen LogP) is 1.39. The molecule has 0 aromatic carbocycles. The maximum atomic E-state index is 11.6. The number of rotatable bonds is 7. The van der Waals surface area contributed by atoms with E-state index >= 15 is 0 Å². The summed E-state index contributed by atoms with van der Waals surface area (Å²) in [5.41, 5.74) is 1.42. The Morgan fingerprint density at radius 2 is 1.19 bits per heavy atom. The van der Waals surface area contributed by atoms with Crippen molar-refractivity contribution >= 4 is 11.6 Å². The van der Waals surface area contributed by atoms with E-state index in [-0.39, 0.29) is 48.1 Å². The average Bonchev–Trinajstić information content (AvgIpc) is 2.66. The maximum absolute atomic E-state index is 11.6. The number of aliphatic hydroxyl groups is 2. The van der Waals surface area contributed by atoms with E-state index in [2.05, 4.69) is 0 Å². The molecule has 2 rings (SSSR count). The van der Waals surface area contributed by atoms with Crippen molar-refractivity contribution in [2.45, 2.75) is 0 Å². The topological polar surface area (TPSA) is 93.1 Å². The van der Waals surface area contributed by atoms with E-state index in [1.165, 1.54) is 26.4 Å². The summed E-state index contributed by atoms with van der Waals surface area (Å²) in [6.07, 6.45) is 12.8. The standard InChI is InChI=1S/C20H22O6/c1-25-19-9-13(3-5-17(19)23)7-15(11-21)16(12-22)8-14-4-6-18(24)20(10-14)26-2/h3-10,15-16,21-22H,11-12H2,1-2H3/b13-7-,14-8-/t15-,16-/m1/s1. The third kappa shape index (κ3) is 4.68. The summed E-state index contributed by atoms with van der Waals surface area (Å²) in [4.78, 5) is 23.2. The highest BCUT2D eigenvalue weighted by molar-refractivity contribution is 6.05. The fourth-order valence-electron chi connectivity index (χ4n) is 2.69. The van der Waals surface area contributed by atoms with Gasteiger partial charge >= 0.3 is 0 Å². The molecule has 0 radical (unpaired) electrons. The van der Waals surface area contributed by atoms with Gasteiger partial charge < -0.3 is 19.7 Å². The van der Waals surface area contributed by atoms with Crippen LogP contribution in [0.4, 0.5) is 0 Å². The fraction of sp³-hybridized carbons (Fsp3) is 0.300. The Morgan fingerprint density at radius 1 is 0.808 bits per heavy atom. The van der Waals surface area contributed by atoms with Crippen LogP contribution in [-0.4, -0.2) is 49.2 Å². The summed E-state index contributed by atoms with van der Waals surface area (Å²) >= 11 is 0. The maximum Gasteiger partial charge on any atom is 0.220 e. The Hall–Kier alpha value is -2.70. The van der Waals surface area contributed by atoms with Crippen molar-refractivity contribution in [2.75, 3.05) is 27.4 Å². The molecule has 0 saturated heterocycles. The number of methoxy groups -OCH3 is 2. The van der Waals surface area contributed by atoms with E-state index in [1.54, 1.807) is 36.5 Å². The Balaban J connectivity index is 2.27. The SMILES string of the molecule is COC1=C/C(=C\[C@H](CO)[C@H](/C=C2/C=CC(=O)C(OC)=C2)CO)C=CC1=O. The van der Waals surface area contributed by atoms with Crippen molar-refractivity contribution in [3.63, 3.8) is 0 Å². The van der Waals surface area contributed by atoms with Crippen molar-refractivity contribution in [1.29, 1.82) is 0 Å². The molecular weight excluding hydrogens is 336 g/mol. The van der Waals surface area contributed by atoms with Crippen LogP contribution < -0.4 is 0 Å². The molecule has 0 heterocycles. The van der Waals surface area contributed by atoms with Crippen LogP contribution in [0.5, 0.6) is 0 Å². The molecule has 0 saturated carbocycles. The molecule has 2 aliphatic rings. The second kappa shape index (κ2) is 9.12. The van der Waals surface area contributed by atoms with Crippen molar-refractivity contribution in [3.8, 4) is 0 Å². The van der Waals surface area contributed by atoms with Crippen LogP contribution in [0.3, 0.4) is 0 Å². The molecule has 138 valence electrons. The highest BCUT2D eigenvalue weighted by atomic mass is 16.5. The van der Waals surface area contributed by atoms with Crippen LogP contribution >= 0.6 is 0 Å². The van der Waals surface area contributed by atoms with Gasteiger partial charge in [0.25, 0.3) is 0 Å². The third-order valence-corrected chi connectivity index (χ3v) is 4.16. The lowest BCUT2D eigenvalue weighted by Crippen LogP contribution is -2.20. The molecule has 0 aliphatic heterocycles. The number of ether oxygens (including phenoxy) is 2. The predicted molar refractivity (Wildman–Crippen MR) is 95.8 cm³/mol. The first-order chi connectivity index (χ1) is 12.5. The van der Waals surface area contributed by atoms with Gasteiger partial charge in [-0.1, -0.05) is 24.3 Å². The van der Waals surface area contributed by atoms with Crippen LogP contribution in [0.25, 0.3) is 0 Å². The summed E-state index contributed by atoms with van der Waals surface area (Å²) in [7, 11) is 2.84. The molecule has 0 fully saturated rings. The lowest BCUT2D eigenvalue weighted by Gasteiger charge is -2.20. The van der Waals surface area contributed by atoms with E-state index in [4.69, 9.17) is 9.47 Å². The first-order valence-corrected chi connectivity index (χ1v) is 8.14. The molecule has 0 bridgehead atoms. The van der Waals surface area contributed by atoms with E-state index in [9.17, 15) is 19.8 Å². The molecule has 2 N–H and O–H groups in total. The molecule has 26 heavy (non-hydrogen) atoms. The van der Waals surface area contributed by atoms with Crippen LogP contribution in [-0.2, 0) is 19.1 Å². The number of carbonyl (C=O) groups is 2. The summed E-state index contributed by atoms with van der Waals surface area (Å²) < 4.78 is 10.0. The molecule has 6 heteroatoms. The van der Waals surface area contributed by atoms with E-state index in [0.717, 1.165) is 0 Å². The van der Waals surface area contributed by atoms with Crippen LogP contribution in [0.1, 0.15) is 0 Å². The number of aliphatic hydroxyl groups excluding tert-OH is 2. The Bertz CT molecular complexity index is 684. The lowest BCUT2D eigenvalue weighted by atomic mass is 9.88. The lowest BCUT2D eigenvalue weighted by molar-refractivity contribution is -0.114. The van der Waals surface area contributed by atoms with Gasteiger partial charge in [-0.15, -0.1) is 0 Å². The second-order valence-corrected chi connectivity index (χ2v) is 5.85. The van der Waals surface area contributed by atoms with Crippen molar-refractivity contribution in [3.05, 3.63) is 71.3 Å². The first kappa shape index (κ1) is 19.6. The minimum absolute atomic E-state index is 0.195.